The first-order valence-corrected chi connectivity index (χ1v) is 4.95. The number of hydrogen-bond acceptors (Lipinski definition) is 2. The SMILES string of the molecule is Cn1ncc(-c2ccc(F)c(C(F)(F)F)c2)c1N. The smallest absolute Gasteiger partial charge is 0.383 e. The summed E-state index contributed by atoms with van der Waals surface area (Å²) in [5, 5.41) is 3.82. The highest BCUT2D eigenvalue weighted by molar-refractivity contribution is 5.74. The lowest BCUT2D eigenvalue weighted by Gasteiger charge is -2.09. The molecule has 18 heavy (non-hydrogen) atoms. The van der Waals surface area contributed by atoms with Crippen molar-refractivity contribution in [1.29, 1.82) is 0 Å². The van der Waals surface area contributed by atoms with Crippen LogP contribution in [0.2, 0.25) is 0 Å². The zero-order valence-electron chi connectivity index (χ0n) is 9.29. The zero-order chi connectivity index (χ0) is 13.5. The molecule has 1 heterocycles. The maximum Gasteiger partial charge on any atom is 0.419 e. The van der Waals surface area contributed by atoms with Crippen molar-refractivity contribution in [3.05, 3.63) is 35.8 Å². The van der Waals surface area contributed by atoms with Gasteiger partial charge in [0.25, 0.3) is 0 Å². The molecule has 0 fully saturated rings. The van der Waals surface area contributed by atoms with Crippen molar-refractivity contribution in [2.75, 3.05) is 5.73 Å². The van der Waals surface area contributed by atoms with E-state index in [0.29, 0.717) is 5.56 Å². The fourth-order valence-corrected chi connectivity index (χ4v) is 1.58. The summed E-state index contributed by atoms with van der Waals surface area (Å²) < 4.78 is 52.1. The van der Waals surface area contributed by atoms with Crippen LogP contribution in [0.15, 0.2) is 24.4 Å². The third-order valence-electron chi connectivity index (χ3n) is 2.57. The third kappa shape index (κ3) is 2.03. The monoisotopic (exact) mass is 259 g/mol. The Bertz CT molecular complexity index is 586. The maximum atomic E-state index is 13.1. The molecular weight excluding hydrogens is 250 g/mol. The average molecular weight is 259 g/mol. The summed E-state index contributed by atoms with van der Waals surface area (Å²) >= 11 is 0. The molecule has 7 heteroatoms. The highest BCUT2D eigenvalue weighted by atomic mass is 19.4. The van der Waals surface area contributed by atoms with Gasteiger partial charge < -0.3 is 5.73 Å². The number of anilines is 1. The number of aryl methyl sites for hydroxylation is 1. The molecule has 96 valence electrons. The van der Waals surface area contributed by atoms with Gasteiger partial charge in [-0.25, -0.2) is 4.39 Å². The van der Waals surface area contributed by atoms with Crippen molar-refractivity contribution < 1.29 is 17.6 Å². The Morgan fingerprint density at radius 3 is 2.44 bits per heavy atom. The van der Waals surface area contributed by atoms with Crippen LogP contribution in [0, 0.1) is 5.82 Å². The first-order valence-electron chi connectivity index (χ1n) is 4.95. The molecule has 0 aliphatic heterocycles. The van der Waals surface area contributed by atoms with Gasteiger partial charge in [-0.1, -0.05) is 6.07 Å². The predicted molar refractivity (Wildman–Crippen MR) is 58.0 cm³/mol. The molecule has 1 aromatic heterocycles. The van der Waals surface area contributed by atoms with Crippen LogP contribution in [-0.2, 0) is 13.2 Å². The number of benzene rings is 1. The van der Waals surface area contributed by atoms with E-state index in [9.17, 15) is 17.6 Å². The standard InChI is InChI=1S/C11H9F4N3/c1-18-10(16)7(5-17-18)6-2-3-9(12)8(4-6)11(13,14)15/h2-5H,16H2,1H3. The summed E-state index contributed by atoms with van der Waals surface area (Å²) in [6, 6.07) is 2.73. The fraction of sp³-hybridized carbons (Fsp3) is 0.182. The minimum Gasteiger partial charge on any atom is -0.383 e. The predicted octanol–water partition coefficient (Wildman–Crippen LogP) is 2.83. The summed E-state index contributed by atoms with van der Waals surface area (Å²) in [7, 11) is 1.56. The van der Waals surface area contributed by atoms with Gasteiger partial charge in [-0.2, -0.15) is 18.3 Å². The topological polar surface area (TPSA) is 43.8 Å². The van der Waals surface area contributed by atoms with Crippen LogP contribution in [0.1, 0.15) is 5.56 Å². The fourth-order valence-electron chi connectivity index (χ4n) is 1.58. The zero-order valence-corrected chi connectivity index (χ0v) is 9.29. The van der Waals surface area contributed by atoms with E-state index in [1.165, 1.54) is 16.9 Å². The number of rotatable bonds is 1. The molecular formula is C11H9F4N3. The molecule has 3 nitrogen and oxygen atoms in total. The Hall–Kier alpha value is -2.05. The average Bonchev–Trinajstić information content (AvgIpc) is 2.59. The summed E-state index contributed by atoms with van der Waals surface area (Å²) in [4.78, 5) is 0. The Balaban J connectivity index is 2.58. The normalized spacial score (nSPS) is 11.8. The minimum atomic E-state index is -4.74. The molecule has 2 aromatic rings. The number of aromatic nitrogens is 2. The second-order valence-corrected chi connectivity index (χ2v) is 3.76. The summed E-state index contributed by atoms with van der Waals surface area (Å²) in [6.45, 7) is 0. The minimum absolute atomic E-state index is 0.175. The molecule has 0 unspecified atom stereocenters. The van der Waals surface area contributed by atoms with Gasteiger partial charge in [0.2, 0.25) is 0 Å². The van der Waals surface area contributed by atoms with Crippen LogP contribution in [0.25, 0.3) is 11.1 Å². The number of nitrogens with zero attached hydrogens (tertiary/aromatic N) is 2. The van der Waals surface area contributed by atoms with Gasteiger partial charge in [-0.05, 0) is 17.7 Å². The quantitative estimate of drug-likeness (QED) is 0.800. The van der Waals surface area contributed by atoms with Gasteiger partial charge in [0.05, 0.1) is 11.8 Å². The molecule has 2 rings (SSSR count). The van der Waals surface area contributed by atoms with Crippen molar-refractivity contribution in [1.82, 2.24) is 9.78 Å². The van der Waals surface area contributed by atoms with Crippen molar-refractivity contribution in [3.8, 4) is 11.1 Å². The summed E-state index contributed by atoms with van der Waals surface area (Å²) in [5.74, 6) is -1.09. The van der Waals surface area contributed by atoms with Crippen LogP contribution in [0.4, 0.5) is 23.4 Å². The molecule has 0 spiro atoms. The van der Waals surface area contributed by atoms with Gasteiger partial charge in [0.1, 0.15) is 11.6 Å². The highest BCUT2D eigenvalue weighted by Crippen LogP contribution is 2.35. The lowest BCUT2D eigenvalue weighted by atomic mass is 10.0. The van der Waals surface area contributed by atoms with Crippen LogP contribution in [0.5, 0.6) is 0 Å². The molecule has 0 atom stereocenters. The first kappa shape index (κ1) is 12.4. The Morgan fingerprint density at radius 1 is 1.28 bits per heavy atom. The van der Waals surface area contributed by atoms with Gasteiger partial charge in [-0.3, -0.25) is 4.68 Å². The number of hydrogen-bond donors (Lipinski definition) is 1. The van der Waals surface area contributed by atoms with E-state index >= 15 is 0 Å². The van der Waals surface area contributed by atoms with Crippen LogP contribution in [0.3, 0.4) is 0 Å². The van der Waals surface area contributed by atoms with E-state index in [1.807, 2.05) is 0 Å². The number of nitrogen functional groups attached to an aromatic ring is 1. The van der Waals surface area contributed by atoms with E-state index in [4.69, 9.17) is 5.73 Å². The van der Waals surface area contributed by atoms with Gasteiger partial charge >= 0.3 is 6.18 Å². The molecule has 0 aliphatic rings. The molecule has 2 N–H and O–H groups in total. The first-order chi connectivity index (χ1) is 8.30. The lowest BCUT2D eigenvalue weighted by Crippen LogP contribution is -2.08. The lowest BCUT2D eigenvalue weighted by molar-refractivity contribution is -0.139. The van der Waals surface area contributed by atoms with Crippen molar-refractivity contribution >= 4 is 5.82 Å². The molecule has 0 radical (unpaired) electrons. The van der Waals surface area contributed by atoms with Crippen LogP contribution < -0.4 is 5.73 Å². The van der Waals surface area contributed by atoms with E-state index in [-0.39, 0.29) is 11.4 Å². The van der Waals surface area contributed by atoms with Crippen LogP contribution in [-0.4, -0.2) is 9.78 Å². The maximum absolute atomic E-state index is 13.1. The van der Waals surface area contributed by atoms with Crippen molar-refractivity contribution in [2.24, 2.45) is 7.05 Å². The Kier molecular flexibility index (Phi) is 2.76. The largest absolute Gasteiger partial charge is 0.419 e. The Labute approximate surface area is 99.8 Å². The number of nitrogens with two attached hydrogens (primary N) is 1. The Morgan fingerprint density at radius 2 is 1.94 bits per heavy atom. The third-order valence-corrected chi connectivity index (χ3v) is 2.57. The van der Waals surface area contributed by atoms with Crippen LogP contribution >= 0.6 is 0 Å². The second-order valence-electron chi connectivity index (χ2n) is 3.76. The summed E-state index contributed by atoms with van der Waals surface area (Å²) in [5.41, 5.74) is 4.85. The van der Waals surface area contributed by atoms with E-state index < -0.39 is 17.6 Å². The molecule has 0 saturated heterocycles. The van der Waals surface area contributed by atoms with Crippen molar-refractivity contribution in [2.45, 2.75) is 6.18 Å². The molecule has 0 aliphatic carbocycles. The van der Waals surface area contributed by atoms with Gasteiger partial charge in [0, 0.05) is 12.6 Å². The number of alkyl halides is 3. The van der Waals surface area contributed by atoms with E-state index in [2.05, 4.69) is 5.10 Å². The van der Waals surface area contributed by atoms with E-state index in [0.717, 1.165) is 12.1 Å². The summed E-state index contributed by atoms with van der Waals surface area (Å²) in [6.07, 6.45) is -3.40. The van der Waals surface area contributed by atoms with Gasteiger partial charge in [0.15, 0.2) is 0 Å². The van der Waals surface area contributed by atoms with Crippen molar-refractivity contribution in [3.63, 3.8) is 0 Å². The molecule has 0 saturated carbocycles. The second kappa shape index (κ2) is 4.01. The van der Waals surface area contributed by atoms with Gasteiger partial charge in [-0.15, -0.1) is 0 Å². The molecule has 0 amide bonds. The molecule has 0 bridgehead atoms. The highest BCUT2D eigenvalue weighted by Gasteiger charge is 2.34. The molecule has 1 aromatic carbocycles. The number of halogens is 4. The van der Waals surface area contributed by atoms with E-state index in [1.54, 1.807) is 7.05 Å².